The van der Waals surface area contributed by atoms with Crippen LogP contribution < -0.4 is 16.0 Å². The highest BCUT2D eigenvalue weighted by Crippen LogP contribution is 2.26. The van der Waals surface area contributed by atoms with Crippen molar-refractivity contribution in [3.8, 4) is 0 Å². The van der Waals surface area contributed by atoms with Crippen molar-refractivity contribution in [2.75, 3.05) is 24.2 Å². The highest BCUT2D eigenvalue weighted by molar-refractivity contribution is 8.00. The lowest BCUT2D eigenvalue weighted by atomic mass is 10.1. The SMILES string of the molecule is CCNC(=NCc1cccc(NC(=O)C2CCCC2)c1)NCC1CCCS1. The van der Waals surface area contributed by atoms with E-state index in [-0.39, 0.29) is 11.8 Å². The first kappa shape index (κ1) is 20.1. The average molecular weight is 389 g/mol. The number of anilines is 1. The standard InChI is InChI=1S/C21H32N4OS/c1-2-22-21(24-15-19-11-6-12-27-19)23-14-16-7-5-10-18(13-16)25-20(26)17-8-3-4-9-17/h5,7,10,13,17,19H,2-4,6,8-9,11-12,14-15H2,1H3,(H,25,26)(H2,22,23,24). The summed E-state index contributed by atoms with van der Waals surface area (Å²) in [5.74, 6) is 2.49. The topological polar surface area (TPSA) is 65.5 Å². The smallest absolute Gasteiger partial charge is 0.227 e. The van der Waals surface area contributed by atoms with Crippen LogP contribution in [0.25, 0.3) is 0 Å². The zero-order chi connectivity index (χ0) is 18.9. The van der Waals surface area contributed by atoms with E-state index in [2.05, 4.69) is 28.9 Å². The number of hydrogen-bond donors (Lipinski definition) is 3. The summed E-state index contributed by atoms with van der Waals surface area (Å²) in [6.45, 7) is 4.50. The van der Waals surface area contributed by atoms with E-state index in [1.54, 1.807) is 0 Å². The third-order valence-electron chi connectivity index (χ3n) is 5.21. The predicted octanol–water partition coefficient (Wildman–Crippen LogP) is 3.77. The molecule has 148 valence electrons. The van der Waals surface area contributed by atoms with Crippen LogP contribution in [0.3, 0.4) is 0 Å². The molecule has 0 bridgehead atoms. The summed E-state index contributed by atoms with van der Waals surface area (Å²) in [4.78, 5) is 17.0. The number of guanidine groups is 1. The maximum absolute atomic E-state index is 12.3. The number of carbonyl (C=O) groups excluding carboxylic acids is 1. The second-order valence-corrected chi connectivity index (χ2v) is 8.79. The van der Waals surface area contributed by atoms with Gasteiger partial charge in [-0.15, -0.1) is 0 Å². The lowest BCUT2D eigenvalue weighted by Crippen LogP contribution is -2.40. The van der Waals surface area contributed by atoms with Gasteiger partial charge in [0.25, 0.3) is 0 Å². The van der Waals surface area contributed by atoms with E-state index in [0.29, 0.717) is 11.8 Å². The van der Waals surface area contributed by atoms with Crippen molar-refractivity contribution in [3.05, 3.63) is 29.8 Å². The van der Waals surface area contributed by atoms with Crippen LogP contribution >= 0.6 is 11.8 Å². The molecule has 0 spiro atoms. The van der Waals surface area contributed by atoms with Crippen molar-refractivity contribution in [2.24, 2.45) is 10.9 Å². The minimum absolute atomic E-state index is 0.164. The third kappa shape index (κ3) is 6.45. The number of nitrogens with zero attached hydrogens (tertiary/aromatic N) is 1. The molecule has 1 heterocycles. The van der Waals surface area contributed by atoms with Crippen LogP contribution in [-0.4, -0.2) is 36.0 Å². The Morgan fingerprint density at radius 1 is 1.19 bits per heavy atom. The van der Waals surface area contributed by atoms with Crippen molar-refractivity contribution >= 4 is 29.3 Å². The molecule has 2 aliphatic rings. The van der Waals surface area contributed by atoms with Crippen LogP contribution in [0.1, 0.15) is 51.0 Å². The van der Waals surface area contributed by atoms with Gasteiger partial charge in [-0.2, -0.15) is 11.8 Å². The monoisotopic (exact) mass is 388 g/mol. The van der Waals surface area contributed by atoms with Crippen molar-refractivity contribution in [1.29, 1.82) is 0 Å². The van der Waals surface area contributed by atoms with Gasteiger partial charge < -0.3 is 16.0 Å². The van der Waals surface area contributed by atoms with E-state index < -0.39 is 0 Å². The van der Waals surface area contributed by atoms with Gasteiger partial charge in [-0.1, -0.05) is 25.0 Å². The first-order valence-electron chi connectivity index (χ1n) is 10.3. The van der Waals surface area contributed by atoms with Gasteiger partial charge in [-0.3, -0.25) is 4.79 Å². The molecule has 3 N–H and O–H groups in total. The fourth-order valence-electron chi connectivity index (χ4n) is 3.71. The third-order valence-corrected chi connectivity index (χ3v) is 6.60. The van der Waals surface area contributed by atoms with E-state index in [0.717, 1.165) is 43.1 Å². The molecule has 0 radical (unpaired) electrons. The molecule has 6 heteroatoms. The zero-order valence-corrected chi connectivity index (χ0v) is 17.1. The molecule has 1 amide bonds. The summed E-state index contributed by atoms with van der Waals surface area (Å²) < 4.78 is 0. The van der Waals surface area contributed by atoms with Crippen LogP contribution in [0.15, 0.2) is 29.3 Å². The molecule has 1 aliphatic carbocycles. The average Bonchev–Trinajstić information content (AvgIpc) is 3.38. The summed E-state index contributed by atoms with van der Waals surface area (Å²) in [7, 11) is 0. The molecule has 1 aromatic carbocycles. The van der Waals surface area contributed by atoms with Crippen molar-refractivity contribution in [2.45, 2.75) is 57.2 Å². The lowest BCUT2D eigenvalue weighted by Gasteiger charge is -2.15. The second-order valence-electron chi connectivity index (χ2n) is 7.38. The lowest BCUT2D eigenvalue weighted by molar-refractivity contribution is -0.119. The number of amides is 1. The van der Waals surface area contributed by atoms with Crippen LogP contribution in [0.5, 0.6) is 0 Å². The number of carbonyl (C=O) groups is 1. The Morgan fingerprint density at radius 2 is 2.04 bits per heavy atom. The summed E-state index contributed by atoms with van der Waals surface area (Å²) in [5.41, 5.74) is 1.98. The molecular weight excluding hydrogens is 356 g/mol. The first-order chi connectivity index (χ1) is 13.2. The highest BCUT2D eigenvalue weighted by Gasteiger charge is 2.22. The molecule has 1 saturated heterocycles. The first-order valence-corrected chi connectivity index (χ1v) is 11.3. The quantitative estimate of drug-likeness (QED) is 0.491. The number of rotatable bonds is 7. The van der Waals surface area contributed by atoms with Gasteiger partial charge in [-0.25, -0.2) is 4.99 Å². The van der Waals surface area contributed by atoms with Crippen molar-refractivity contribution in [1.82, 2.24) is 10.6 Å². The van der Waals surface area contributed by atoms with Gasteiger partial charge in [0.2, 0.25) is 5.91 Å². The Balaban J connectivity index is 1.54. The van der Waals surface area contributed by atoms with Gasteiger partial charge in [0.1, 0.15) is 0 Å². The maximum Gasteiger partial charge on any atom is 0.227 e. The molecule has 1 saturated carbocycles. The summed E-state index contributed by atoms with van der Waals surface area (Å²) >= 11 is 2.05. The van der Waals surface area contributed by atoms with E-state index in [1.165, 1.54) is 31.4 Å². The Hall–Kier alpha value is -1.69. The number of benzene rings is 1. The Kier molecular flexibility index (Phi) is 7.87. The zero-order valence-electron chi connectivity index (χ0n) is 16.3. The van der Waals surface area contributed by atoms with Crippen LogP contribution in [0.2, 0.25) is 0 Å². The van der Waals surface area contributed by atoms with Crippen molar-refractivity contribution < 1.29 is 4.79 Å². The van der Waals surface area contributed by atoms with E-state index in [9.17, 15) is 4.79 Å². The largest absolute Gasteiger partial charge is 0.357 e. The highest BCUT2D eigenvalue weighted by atomic mass is 32.2. The molecule has 5 nitrogen and oxygen atoms in total. The van der Waals surface area contributed by atoms with E-state index in [1.807, 2.05) is 30.0 Å². The van der Waals surface area contributed by atoms with Crippen molar-refractivity contribution in [3.63, 3.8) is 0 Å². The molecule has 0 aromatic heterocycles. The number of hydrogen-bond acceptors (Lipinski definition) is 3. The summed E-state index contributed by atoms with van der Waals surface area (Å²) in [6, 6.07) is 8.04. The van der Waals surface area contributed by atoms with Gasteiger partial charge >= 0.3 is 0 Å². The van der Waals surface area contributed by atoms with Crippen LogP contribution in [0.4, 0.5) is 5.69 Å². The number of aliphatic imine (C=N–C) groups is 1. The van der Waals surface area contributed by atoms with E-state index in [4.69, 9.17) is 4.99 Å². The van der Waals surface area contributed by atoms with Crippen LogP contribution in [-0.2, 0) is 11.3 Å². The summed E-state index contributed by atoms with van der Waals surface area (Å²) in [5, 5.41) is 10.6. The molecule has 1 aliphatic heterocycles. The summed E-state index contributed by atoms with van der Waals surface area (Å²) in [6.07, 6.45) is 7.00. The Labute approximate surface area is 167 Å². The molecule has 3 rings (SSSR count). The molecule has 27 heavy (non-hydrogen) atoms. The Morgan fingerprint density at radius 3 is 2.78 bits per heavy atom. The van der Waals surface area contributed by atoms with E-state index >= 15 is 0 Å². The number of thioether (sulfide) groups is 1. The van der Waals surface area contributed by atoms with Gasteiger partial charge in [0.15, 0.2) is 5.96 Å². The predicted molar refractivity (Wildman–Crippen MR) is 115 cm³/mol. The van der Waals surface area contributed by atoms with Gasteiger partial charge in [-0.05, 0) is 56.1 Å². The fourth-order valence-corrected chi connectivity index (χ4v) is 4.91. The maximum atomic E-state index is 12.3. The normalized spacial score (nSPS) is 20.6. The van der Waals surface area contributed by atoms with Gasteiger partial charge in [0, 0.05) is 29.9 Å². The number of nitrogens with one attached hydrogen (secondary N) is 3. The Bertz CT molecular complexity index is 637. The minimum atomic E-state index is 0.164. The fraction of sp³-hybridized carbons (Fsp3) is 0.619. The minimum Gasteiger partial charge on any atom is -0.357 e. The van der Waals surface area contributed by atoms with Gasteiger partial charge in [0.05, 0.1) is 6.54 Å². The van der Waals surface area contributed by atoms with Crippen LogP contribution in [0, 0.1) is 5.92 Å². The molecule has 2 fully saturated rings. The molecule has 1 unspecified atom stereocenters. The molecule has 1 aromatic rings. The second kappa shape index (κ2) is 10.6. The molecule has 1 atom stereocenters. The molecular formula is C21H32N4OS.